The fraction of sp³-hybridized carbons (Fsp3) is 0.824. The number of aryl methyl sites for hydroxylation is 1. The predicted molar refractivity (Wildman–Crippen MR) is 155 cm³/mol. The minimum Gasteiger partial charge on any atom is -0.0654 e. The first-order valence-electron chi connectivity index (χ1n) is 15.9. The summed E-state index contributed by atoms with van der Waals surface area (Å²) in [5.41, 5.74) is 1.48. The largest absolute Gasteiger partial charge is 0.0654 e. The van der Waals surface area contributed by atoms with Crippen LogP contribution >= 0.6 is 0 Å². The van der Waals surface area contributed by atoms with E-state index in [0.29, 0.717) is 0 Å². The minimum absolute atomic E-state index is 1.24. The standard InChI is InChI=1S/C34H61/c1-2-3-4-5-6-7-8-9-10-11-12-13-14-15-16-17-18-19-20-21-22-23-24-25-26-28-31-34-32-29-27-30-33-34/h29-30,32-33H,2-26,28,31H2,1H3. The lowest BCUT2D eigenvalue weighted by Gasteiger charge is -2.04. The number of rotatable bonds is 27. The van der Waals surface area contributed by atoms with E-state index in [9.17, 15) is 0 Å². The molecule has 0 atom stereocenters. The Bertz CT molecular complexity index is 476. The quantitative estimate of drug-likeness (QED) is 0.112. The zero-order valence-corrected chi connectivity index (χ0v) is 23.4. The molecule has 0 aliphatic rings. The molecule has 0 amide bonds. The third kappa shape index (κ3) is 23.0. The molecular weight excluding hydrogens is 408 g/mol. The van der Waals surface area contributed by atoms with Gasteiger partial charge in [0.15, 0.2) is 0 Å². The van der Waals surface area contributed by atoms with Crippen LogP contribution in [-0.2, 0) is 6.42 Å². The summed E-state index contributed by atoms with van der Waals surface area (Å²) in [5, 5.41) is 0. The van der Waals surface area contributed by atoms with Crippen molar-refractivity contribution >= 4 is 0 Å². The maximum atomic E-state index is 3.10. The lowest BCUT2D eigenvalue weighted by atomic mass is 10.0. The van der Waals surface area contributed by atoms with Gasteiger partial charge in [0.25, 0.3) is 0 Å². The summed E-state index contributed by atoms with van der Waals surface area (Å²) in [6.45, 7) is 2.30. The summed E-state index contributed by atoms with van der Waals surface area (Å²) in [5.74, 6) is 0. The van der Waals surface area contributed by atoms with Crippen molar-refractivity contribution in [1.29, 1.82) is 0 Å². The van der Waals surface area contributed by atoms with Gasteiger partial charge in [-0.15, -0.1) is 0 Å². The molecule has 34 heavy (non-hydrogen) atoms. The van der Waals surface area contributed by atoms with E-state index in [0.717, 1.165) is 0 Å². The van der Waals surface area contributed by atoms with E-state index < -0.39 is 0 Å². The highest BCUT2D eigenvalue weighted by Crippen LogP contribution is 2.16. The van der Waals surface area contributed by atoms with Crippen LogP contribution in [0.4, 0.5) is 0 Å². The van der Waals surface area contributed by atoms with Crippen molar-refractivity contribution in [3.63, 3.8) is 0 Å². The van der Waals surface area contributed by atoms with Gasteiger partial charge < -0.3 is 0 Å². The molecule has 0 fully saturated rings. The molecule has 0 heteroatoms. The fourth-order valence-electron chi connectivity index (χ4n) is 5.23. The van der Waals surface area contributed by atoms with E-state index in [1.165, 1.54) is 179 Å². The van der Waals surface area contributed by atoms with Crippen LogP contribution in [0.5, 0.6) is 0 Å². The van der Waals surface area contributed by atoms with Crippen LogP contribution in [0, 0.1) is 6.07 Å². The molecule has 1 radical (unpaired) electrons. The Balaban J connectivity index is 1.64. The number of benzene rings is 1. The van der Waals surface area contributed by atoms with Gasteiger partial charge in [-0.1, -0.05) is 192 Å². The van der Waals surface area contributed by atoms with Crippen molar-refractivity contribution in [3.05, 3.63) is 35.9 Å². The highest BCUT2D eigenvalue weighted by Gasteiger charge is 1.97. The van der Waals surface area contributed by atoms with Crippen LogP contribution in [-0.4, -0.2) is 0 Å². The second-order valence-corrected chi connectivity index (χ2v) is 11.0. The topological polar surface area (TPSA) is 0 Å². The molecule has 0 saturated carbocycles. The molecule has 0 spiro atoms. The summed E-state index contributed by atoms with van der Waals surface area (Å²) in [4.78, 5) is 0. The maximum absolute atomic E-state index is 3.10. The Kier molecular flexibility index (Phi) is 24.6. The van der Waals surface area contributed by atoms with Gasteiger partial charge in [0.2, 0.25) is 0 Å². The van der Waals surface area contributed by atoms with Gasteiger partial charge in [0, 0.05) is 0 Å². The van der Waals surface area contributed by atoms with Crippen LogP contribution in [0.15, 0.2) is 24.3 Å². The summed E-state index contributed by atoms with van der Waals surface area (Å²) in [6, 6.07) is 11.6. The van der Waals surface area contributed by atoms with Crippen molar-refractivity contribution in [2.45, 2.75) is 180 Å². The van der Waals surface area contributed by atoms with Gasteiger partial charge in [-0.05, 0) is 24.5 Å². The van der Waals surface area contributed by atoms with E-state index in [1.54, 1.807) is 0 Å². The Morgan fingerprint density at radius 3 is 0.941 bits per heavy atom. The van der Waals surface area contributed by atoms with Crippen LogP contribution in [0.2, 0.25) is 0 Å². The zero-order chi connectivity index (χ0) is 24.2. The lowest BCUT2D eigenvalue weighted by molar-refractivity contribution is 0.515. The summed E-state index contributed by atoms with van der Waals surface area (Å²) >= 11 is 0. The van der Waals surface area contributed by atoms with Gasteiger partial charge in [0.1, 0.15) is 0 Å². The van der Waals surface area contributed by atoms with Crippen LogP contribution in [0.25, 0.3) is 0 Å². The highest BCUT2D eigenvalue weighted by molar-refractivity contribution is 5.13. The average Bonchev–Trinajstić information content (AvgIpc) is 2.87. The fourth-order valence-corrected chi connectivity index (χ4v) is 5.23. The predicted octanol–water partition coefficient (Wildman–Crippen LogP) is 12.2. The molecule has 1 rings (SSSR count). The van der Waals surface area contributed by atoms with Crippen molar-refractivity contribution in [3.8, 4) is 0 Å². The Labute approximate surface area is 216 Å². The molecule has 0 N–H and O–H groups in total. The first-order valence-corrected chi connectivity index (χ1v) is 15.9. The molecule has 0 bridgehead atoms. The van der Waals surface area contributed by atoms with Gasteiger partial charge in [-0.25, -0.2) is 0 Å². The molecule has 1 aromatic carbocycles. The second kappa shape index (κ2) is 26.8. The highest BCUT2D eigenvalue weighted by atomic mass is 14.0. The molecule has 0 aliphatic heterocycles. The summed E-state index contributed by atoms with van der Waals surface area (Å²) in [7, 11) is 0. The van der Waals surface area contributed by atoms with Gasteiger partial charge >= 0.3 is 0 Å². The first-order chi connectivity index (χ1) is 16.9. The Morgan fingerprint density at radius 1 is 0.382 bits per heavy atom. The molecule has 1 aromatic rings. The third-order valence-corrected chi connectivity index (χ3v) is 7.61. The van der Waals surface area contributed by atoms with E-state index >= 15 is 0 Å². The molecule has 0 unspecified atom stereocenters. The van der Waals surface area contributed by atoms with E-state index in [4.69, 9.17) is 0 Å². The molecule has 197 valence electrons. The second-order valence-electron chi connectivity index (χ2n) is 11.0. The van der Waals surface area contributed by atoms with Gasteiger partial charge in [0.05, 0.1) is 0 Å². The van der Waals surface area contributed by atoms with E-state index in [-0.39, 0.29) is 0 Å². The van der Waals surface area contributed by atoms with Crippen molar-refractivity contribution in [2.24, 2.45) is 0 Å². The summed E-state index contributed by atoms with van der Waals surface area (Å²) in [6.07, 6.45) is 39.3. The Hall–Kier alpha value is -0.780. The number of hydrogen-bond donors (Lipinski definition) is 0. The number of hydrogen-bond acceptors (Lipinski definition) is 0. The molecule has 0 heterocycles. The Morgan fingerprint density at radius 2 is 0.647 bits per heavy atom. The van der Waals surface area contributed by atoms with Crippen molar-refractivity contribution in [2.75, 3.05) is 0 Å². The molecule has 0 nitrogen and oxygen atoms in total. The average molecular weight is 470 g/mol. The number of unbranched alkanes of at least 4 members (excludes halogenated alkanes) is 25. The molecule has 0 saturated heterocycles. The molecule has 0 aromatic heterocycles. The van der Waals surface area contributed by atoms with Crippen LogP contribution in [0.1, 0.15) is 179 Å². The maximum Gasteiger partial charge on any atom is -0.0184 e. The van der Waals surface area contributed by atoms with Crippen molar-refractivity contribution in [1.82, 2.24) is 0 Å². The normalized spacial score (nSPS) is 11.3. The lowest BCUT2D eigenvalue weighted by Crippen LogP contribution is -1.86. The molecule has 0 aliphatic carbocycles. The zero-order valence-electron chi connectivity index (χ0n) is 23.4. The van der Waals surface area contributed by atoms with Crippen LogP contribution < -0.4 is 0 Å². The monoisotopic (exact) mass is 469 g/mol. The third-order valence-electron chi connectivity index (χ3n) is 7.61. The van der Waals surface area contributed by atoms with Crippen molar-refractivity contribution < 1.29 is 0 Å². The minimum atomic E-state index is 1.24. The SMILES string of the molecule is CCCCCCCCCCCCCCCCCCCCCCCCCCCCc1cc[c]cc1. The van der Waals surface area contributed by atoms with Gasteiger partial charge in [-0.3, -0.25) is 0 Å². The molecular formula is C34H61. The van der Waals surface area contributed by atoms with Crippen LogP contribution in [0.3, 0.4) is 0 Å². The van der Waals surface area contributed by atoms with E-state index in [2.05, 4.69) is 25.1 Å². The van der Waals surface area contributed by atoms with Gasteiger partial charge in [-0.2, -0.15) is 0 Å². The smallest absolute Gasteiger partial charge is 0.0184 e. The summed E-state index contributed by atoms with van der Waals surface area (Å²) < 4.78 is 0. The van der Waals surface area contributed by atoms with E-state index in [1.807, 2.05) is 12.1 Å². The first kappa shape index (κ1) is 31.3.